The van der Waals surface area contributed by atoms with Crippen LogP contribution in [0.1, 0.15) is 13.8 Å². The summed E-state index contributed by atoms with van der Waals surface area (Å²) in [5.74, 6) is -0.347. The highest BCUT2D eigenvalue weighted by Crippen LogP contribution is 2.11. The summed E-state index contributed by atoms with van der Waals surface area (Å²) in [7, 11) is 3.18. The summed E-state index contributed by atoms with van der Waals surface area (Å²) in [6.45, 7) is 5.14. The Balaban J connectivity index is 4.18. The van der Waals surface area contributed by atoms with Crippen LogP contribution in [-0.4, -0.2) is 57.1 Å². The number of nitrogens with two attached hydrogens (primary N) is 1. The van der Waals surface area contributed by atoms with Gasteiger partial charge >= 0.3 is 0 Å². The lowest BCUT2D eigenvalue weighted by atomic mass is 9.94. The number of methoxy groups -OCH3 is 1. The van der Waals surface area contributed by atoms with Crippen molar-refractivity contribution in [2.45, 2.75) is 13.8 Å². The van der Waals surface area contributed by atoms with Crippen LogP contribution >= 0.6 is 0 Å². The first-order valence-electron chi connectivity index (χ1n) is 6.14. The monoisotopic (exact) mass is 259 g/mol. The Labute approximate surface area is 109 Å². The molecule has 0 aromatic rings. The number of nitrogens with zero attached hydrogens (tertiary/aromatic N) is 1. The lowest BCUT2D eigenvalue weighted by molar-refractivity contribution is -0.138. The number of carbonyl (C=O) groups excluding carboxylic acids is 2. The molecule has 0 bridgehead atoms. The standard InChI is InChI=1S/C12H25N3O3/c1-9(2)10(7-13)12(17)15(3)8-11(16)14-5-6-18-4/h9-10H,5-8,13H2,1-4H3,(H,14,16). The first kappa shape index (κ1) is 16.9. The molecule has 0 radical (unpaired) electrons. The molecule has 0 saturated heterocycles. The fourth-order valence-corrected chi connectivity index (χ4v) is 1.58. The fraction of sp³-hybridized carbons (Fsp3) is 0.833. The van der Waals surface area contributed by atoms with Crippen molar-refractivity contribution >= 4 is 11.8 Å². The van der Waals surface area contributed by atoms with E-state index >= 15 is 0 Å². The van der Waals surface area contributed by atoms with Crippen molar-refractivity contribution in [2.24, 2.45) is 17.6 Å². The number of nitrogens with one attached hydrogen (secondary N) is 1. The van der Waals surface area contributed by atoms with Crippen molar-refractivity contribution in [3.8, 4) is 0 Å². The second-order valence-electron chi connectivity index (χ2n) is 4.62. The molecule has 106 valence electrons. The van der Waals surface area contributed by atoms with Gasteiger partial charge in [0.1, 0.15) is 0 Å². The van der Waals surface area contributed by atoms with Crippen LogP contribution in [0.2, 0.25) is 0 Å². The molecule has 1 atom stereocenters. The Kier molecular flexibility index (Phi) is 8.32. The average Bonchev–Trinajstić information content (AvgIpc) is 2.29. The first-order chi connectivity index (χ1) is 8.43. The Bertz CT molecular complexity index is 269. The maximum atomic E-state index is 12.0. The topological polar surface area (TPSA) is 84.7 Å². The van der Waals surface area contributed by atoms with Crippen molar-refractivity contribution in [1.82, 2.24) is 10.2 Å². The summed E-state index contributed by atoms with van der Waals surface area (Å²) >= 11 is 0. The van der Waals surface area contributed by atoms with Crippen molar-refractivity contribution in [1.29, 1.82) is 0 Å². The van der Waals surface area contributed by atoms with Gasteiger partial charge in [-0.2, -0.15) is 0 Å². The van der Waals surface area contributed by atoms with E-state index in [0.29, 0.717) is 19.7 Å². The van der Waals surface area contributed by atoms with Gasteiger partial charge in [0, 0.05) is 27.2 Å². The molecule has 1 unspecified atom stereocenters. The molecule has 18 heavy (non-hydrogen) atoms. The largest absolute Gasteiger partial charge is 0.383 e. The van der Waals surface area contributed by atoms with Crippen LogP contribution in [0.3, 0.4) is 0 Å². The number of amides is 2. The number of hydrogen-bond donors (Lipinski definition) is 2. The number of hydrogen-bond acceptors (Lipinski definition) is 4. The zero-order valence-electron chi connectivity index (χ0n) is 11.7. The molecule has 6 nitrogen and oxygen atoms in total. The normalized spacial score (nSPS) is 12.3. The van der Waals surface area contributed by atoms with Gasteiger partial charge in [0.05, 0.1) is 19.1 Å². The molecule has 0 heterocycles. The zero-order chi connectivity index (χ0) is 14.1. The van der Waals surface area contributed by atoms with Crippen molar-refractivity contribution < 1.29 is 14.3 Å². The summed E-state index contributed by atoms with van der Waals surface area (Å²) in [4.78, 5) is 25.0. The van der Waals surface area contributed by atoms with Crippen molar-refractivity contribution in [3.63, 3.8) is 0 Å². The van der Waals surface area contributed by atoms with E-state index in [1.807, 2.05) is 13.8 Å². The highest BCUT2D eigenvalue weighted by atomic mass is 16.5. The Hall–Kier alpha value is -1.14. The Morgan fingerprint density at radius 1 is 1.39 bits per heavy atom. The predicted octanol–water partition coefficient (Wildman–Crippen LogP) is -0.562. The molecule has 0 spiro atoms. The van der Waals surface area contributed by atoms with Gasteiger partial charge in [0.25, 0.3) is 0 Å². The van der Waals surface area contributed by atoms with E-state index in [2.05, 4.69) is 5.32 Å². The second kappa shape index (κ2) is 8.88. The summed E-state index contributed by atoms with van der Waals surface area (Å²) in [6, 6.07) is 0. The first-order valence-corrected chi connectivity index (χ1v) is 6.14. The third kappa shape index (κ3) is 5.97. The van der Waals surface area contributed by atoms with E-state index in [0.717, 1.165) is 0 Å². The van der Waals surface area contributed by atoms with Crippen LogP contribution in [0.25, 0.3) is 0 Å². The quantitative estimate of drug-likeness (QED) is 0.572. The minimum atomic E-state index is -0.234. The van der Waals surface area contributed by atoms with Crippen molar-refractivity contribution in [3.05, 3.63) is 0 Å². The minimum absolute atomic E-state index is 0.0474. The van der Waals surface area contributed by atoms with E-state index in [4.69, 9.17) is 10.5 Å². The predicted molar refractivity (Wildman–Crippen MR) is 69.9 cm³/mol. The van der Waals surface area contributed by atoms with Gasteiger partial charge in [-0.1, -0.05) is 13.8 Å². The molecule has 3 N–H and O–H groups in total. The fourth-order valence-electron chi connectivity index (χ4n) is 1.58. The van der Waals surface area contributed by atoms with Crippen LogP contribution in [-0.2, 0) is 14.3 Å². The molecule has 6 heteroatoms. The molecule has 0 fully saturated rings. The number of ether oxygens (including phenoxy) is 1. The lowest BCUT2D eigenvalue weighted by Gasteiger charge is -2.24. The van der Waals surface area contributed by atoms with Crippen LogP contribution < -0.4 is 11.1 Å². The smallest absolute Gasteiger partial charge is 0.239 e. The molecular formula is C12H25N3O3. The lowest BCUT2D eigenvalue weighted by Crippen LogP contribution is -2.44. The highest BCUT2D eigenvalue weighted by molar-refractivity contribution is 5.85. The average molecular weight is 259 g/mol. The zero-order valence-corrected chi connectivity index (χ0v) is 11.7. The van der Waals surface area contributed by atoms with Crippen LogP contribution in [0.15, 0.2) is 0 Å². The van der Waals surface area contributed by atoms with Crippen molar-refractivity contribution in [2.75, 3.05) is 40.4 Å². The summed E-state index contributed by atoms with van der Waals surface area (Å²) in [5, 5.41) is 2.67. The third-order valence-corrected chi connectivity index (χ3v) is 2.76. The molecule has 0 aliphatic carbocycles. The second-order valence-corrected chi connectivity index (χ2v) is 4.62. The number of carbonyl (C=O) groups is 2. The maximum Gasteiger partial charge on any atom is 0.239 e. The third-order valence-electron chi connectivity index (χ3n) is 2.76. The number of likely N-dealkylation sites (N-methyl/N-ethyl adjacent to an activating group) is 1. The van der Waals surface area contributed by atoms with E-state index in [9.17, 15) is 9.59 Å². The van der Waals surface area contributed by atoms with E-state index < -0.39 is 0 Å². The number of rotatable bonds is 8. The molecule has 0 aromatic heterocycles. The summed E-state index contributed by atoms with van der Waals surface area (Å²) in [6.07, 6.45) is 0. The van der Waals surface area contributed by atoms with E-state index in [-0.39, 0.29) is 30.2 Å². The molecule has 0 aromatic carbocycles. The molecule has 0 aliphatic rings. The van der Waals surface area contributed by atoms with Crippen LogP contribution in [0, 0.1) is 11.8 Å². The van der Waals surface area contributed by atoms with Gasteiger partial charge < -0.3 is 20.7 Å². The van der Waals surface area contributed by atoms with Gasteiger partial charge in [-0.05, 0) is 5.92 Å². The van der Waals surface area contributed by atoms with Crippen LogP contribution in [0.5, 0.6) is 0 Å². The van der Waals surface area contributed by atoms with Gasteiger partial charge in [0.2, 0.25) is 11.8 Å². The minimum Gasteiger partial charge on any atom is -0.383 e. The van der Waals surface area contributed by atoms with Gasteiger partial charge in [0.15, 0.2) is 0 Å². The molecule has 0 rings (SSSR count). The molecule has 0 saturated carbocycles. The molecule has 0 aliphatic heterocycles. The van der Waals surface area contributed by atoms with Gasteiger partial charge in [-0.25, -0.2) is 0 Å². The highest BCUT2D eigenvalue weighted by Gasteiger charge is 2.24. The maximum absolute atomic E-state index is 12.0. The SMILES string of the molecule is COCCNC(=O)CN(C)C(=O)C(CN)C(C)C. The van der Waals surface area contributed by atoms with Crippen LogP contribution in [0.4, 0.5) is 0 Å². The Morgan fingerprint density at radius 2 is 2.00 bits per heavy atom. The van der Waals surface area contributed by atoms with E-state index in [1.54, 1.807) is 14.2 Å². The summed E-state index contributed by atoms with van der Waals surface area (Å²) in [5.41, 5.74) is 5.58. The van der Waals surface area contributed by atoms with E-state index in [1.165, 1.54) is 4.90 Å². The Morgan fingerprint density at radius 3 is 2.44 bits per heavy atom. The molecule has 2 amide bonds. The summed E-state index contributed by atoms with van der Waals surface area (Å²) < 4.78 is 4.82. The molecular weight excluding hydrogens is 234 g/mol. The van der Waals surface area contributed by atoms with Gasteiger partial charge in [-0.3, -0.25) is 9.59 Å². The van der Waals surface area contributed by atoms with Gasteiger partial charge in [-0.15, -0.1) is 0 Å².